The fraction of sp³-hybridized carbons (Fsp3) is 0.208. The number of anilines is 1. The number of thiophene rings is 1. The Morgan fingerprint density at radius 1 is 1.07 bits per heavy atom. The molecule has 5 nitrogen and oxygen atoms in total. The molecule has 0 saturated heterocycles. The molecule has 0 aliphatic carbocycles. The Bertz CT molecular complexity index is 1140. The van der Waals surface area contributed by atoms with Gasteiger partial charge in [0, 0.05) is 31.4 Å². The zero-order valence-corrected chi connectivity index (χ0v) is 17.9. The summed E-state index contributed by atoms with van der Waals surface area (Å²) in [6, 6.07) is 20.6. The summed E-state index contributed by atoms with van der Waals surface area (Å²) in [7, 11) is 1.97. The van der Waals surface area contributed by atoms with Gasteiger partial charge in [0.1, 0.15) is 17.0 Å². The van der Waals surface area contributed by atoms with Gasteiger partial charge in [0.2, 0.25) is 5.91 Å². The molecule has 2 aromatic carbocycles. The molecule has 1 amide bonds. The van der Waals surface area contributed by atoms with Crippen LogP contribution in [0.1, 0.15) is 17.5 Å². The summed E-state index contributed by atoms with van der Waals surface area (Å²) in [4.78, 5) is 25.4. The van der Waals surface area contributed by atoms with E-state index in [0.717, 1.165) is 26.5 Å². The Kier molecular flexibility index (Phi) is 6.05. The van der Waals surface area contributed by atoms with Crippen molar-refractivity contribution in [3.05, 3.63) is 78.1 Å². The Labute approximate surface area is 180 Å². The second-order valence-electron chi connectivity index (χ2n) is 7.33. The van der Waals surface area contributed by atoms with Crippen LogP contribution in [0.3, 0.4) is 0 Å². The number of carbonyl (C=O) groups excluding carboxylic acids is 1. The van der Waals surface area contributed by atoms with Crippen molar-refractivity contribution in [2.75, 3.05) is 18.5 Å². The molecule has 30 heavy (non-hydrogen) atoms. The Morgan fingerprint density at radius 3 is 2.60 bits per heavy atom. The minimum Gasteiger partial charge on any atom is -0.359 e. The minimum atomic E-state index is 0.0306. The monoisotopic (exact) mass is 416 g/mol. The highest BCUT2D eigenvalue weighted by Crippen LogP contribution is 2.35. The molecule has 0 radical (unpaired) electrons. The number of aryl methyl sites for hydroxylation is 1. The summed E-state index contributed by atoms with van der Waals surface area (Å²) in [5.74, 6) is 0.882. The molecule has 0 aliphatic heterocycles. The predicted octanol–water partition coefficient (Wildman–Crippen LogP) is 4.81. The lowest BCUT2D eigenvalue weighted by Gasteiger charge is -2.18. The highest BCUT2D eigenvalue weighted by Gasteiger charge is 2.14. The molecule has 0 unspecified atom stereocenters. The third-order valence-electron chi connectivity index (χ3n) is 5.01. The zero-order valence-electron chi connectivity index (χ0n) is 17.1. The molecule has 1 N–H and O–H groups in total. The van der Waals surface area contributed by atoms with E-state index in [1.165, 1.54) is 11.1 Å². The van der Waals surface area contributed by atoms with E-state index in [2.05, 4.69) is 52.5 Å². The maximum absolute atomic E-state index is 12.3. The summed E-state index contributed by atoms with van der Waals surface area (Å²) in [6.07, 6.45) is 2.00. The van der Waals surface area contributed by atoms with E-state index in [9.17, 15) is 4.79 Å². The molecule has 0 aliphatic rings. The number of nitrogens with zero attached hydrogens (tertiary/aromatic N) is 3. The van der Waals surface area contributed by atoms with Crippen LogP contribution >= 0.6 is 11.3 Å². The van der Waals surface area contributed by atoms with Crippen LogP contribution in [-0.4, -0.2) is 29.5 Å². The van der Waals surface area contributed by atoms with Crippen LogP contribution in [0.4, 0.5) is 5.82 Å². The zero-order chi connectivity index (χ0) is 20.9. The molecule has 4 rings (SSSR count). The molecule has 0 atom stereocenters. The Balaban J connectivity index is 1.40. The van der Waals surface area contributed by atoms with E-state index in [0.29, 0.717) is 19.5 Å². The van der Waals surface area contributed by atoms with Gasteiger partial charge >= 0.3 is 0 Å². The summed E-state index contributed by atoms with van der Waals surface area (Å²) < 4.78 is 0. The average Bonchev–Trinajstić information content (AvgIpc) is 3.22. The normalized spacial score (nSPS) is 10.9. The summed E-state index contributed by atoms with van der Waals surface area (Å²) in [5.41, 5.74) is 3.49. The smallest absolute Gasteiger partial charge is 0.222 e. The van der Waals surface area contributed by atoms with Crippen molar-refractivity contribution in [3.63, 3.8) is 0 Å². The number of aromatic nitrogens is 2. The number of hydrogen-bond donors (Lipinski definition) is 1. The molecule has 0 bridgehead atoms. The van der Waals surface area contributed by atoms with Crippen molar-refractivity contribution in [1.82, 2.24) is 15.3 Å². The van der Waals surface area contributed by atoms with Gasteiger partial charge in [0.15, 0.2) is 0 Å². The van der Waals surface area contributed by atoms with Gasteiger partial charge in [-0.05, 0) is 24.1 Å². The van der Waals surface area contributed by atoms with Crippen LogP contribution in [0.5, 0.6) is 0 Å². The minimum absolute atomic E-state index is 0.0306. The van der Waals surface area contributed by atoms with Crippen molar-refractivity contribution in [1.29, 1.82) is 0 Å². The second kappa shape index (κ2) is 9.05. The van der Waals surface area contributed by atoms with Gasteiger partial charge in [0.25, 0.3) is 0 Å². The van der Waals surface area contributed by atoms with E-state index in [1.807, 2.05) is 42.3 Å². The Morgan fingerprint density at radius 2 is 1.83 bits per heavy atom. The van der Waals surface area contributed by atoms with Crippen molar-refractivity contribution in [2.24, 2.45) is 0 Å². The highest BCUT2D eigenvalue weighted by atomic mass is 32.1. The van der Waals surface area contributed by atoms with Crippen molar-refractivity contribution in [3.8, 4) is 10.4 Å². The summed E-state index contributed by atoms with van der Waals surface area (Å²) in [6.45, 7) is 3.19. The van der Waals surface area contributed by atoms with E-state index in [4.69, 9.17) is 0 Å². The van der Waals surface area contributed by atoms with Crippen LogP contribution in [-0.2, 0) is 11.3 Å². The molecular weight excluding hydrogens is 392 g/mol. The van der Waals surface area contributed by atoms with E-state index in [1.54, 1.807) is 17.7 Å². The van der Waals surface area contributed by atoms with Crippen LogP contribution < -0.4 is 10.2 Å². The average molecular weight is 417 g/mol. The first-order valence-corrected chi connectivity index (χ1v) is 10.7. The second-order valence-corrected chi connectivity index (χ2v) is 8.36. The lowest BCUT2D eigenvalue weighted by atomic mass is 10.1. The number of hydrogen-bond acceptors (Lipinski definition) is 5. The first-order chi connectivity index (χ1) is 14.6. The van der Waals surface area contributed by atoms with E-state index >= 15 is 0 Å². The van der Waals surface area contributed by atoms with Gasteiger partial charge in [-0.2, -0.15) is 0 Å². The molecular formula is C24H24N4OS. The van der Waals surface area contributed by atoms with Gasteiger partial charge in [-0.1, -0.05) is 60.2 Å². The van der Waals surface area contributed by atoms with E-state index in [-0.39, 0.29) is 5.91 Å². The first kappa shape index (κ1) is 20.0. The fourth-order valence-corrected chi connectivity index (χ4v) is 4.26. The van der Waals surface area contributed by atoms with Crippen molar-refractivity contribution in [2.45, 2.75) is 19.9 Å². The van der Waals surface area contributed by atoms with Crippen molar-refractivity contribution < 1.29 is 4.79 Å². The molecule has 2 aromatic heterocycles. The van der Waals surface area contributed by atoms with Gasteiger partial charge < -0.3 is 10.2 Å². The lowest BCUT2D eigenvalue weighted by Crippen LogP contribution is -2.28. The summed E-state index contributed by atoms with van der Waals surface area (Å²) in [5, 5.41) is 4.01. The third-order valence-corrected chi connectivity index (χ3v) is 6.10. The fourth-order valence-electron chi connectivity index (χ4n) is 3.26. The van der Waals surface area contributed by atoms with Crippen LogP contribution in [0.2, 0.25) is 0 Å². The van der Waals surface area contributed by atoms with Crippen LogP contribution in [0.25, 0.3) is 20.7 Å². The quantitative estimate of drug-likeness (QED) is 0.470. The number of fused-ring (bicyclic) bond motifs is 1. The topological polar surface area (TPSA) is 58.1 Å². The Hall–Kier alpha value is -3.25. The van der Waals surface area contributed by atoms with Gasteiger partial charge in [-0.15, -0.1) is 11.3 Å². The summed E-state index contributed by atoms with van der Waals surface area (Å²) >= 11 is 1.66. The maximum Gasteiger partial charge on any atom is 0.222 e. The van der Waals surface area contributed by atoms with Crippen LogP contribution in [0.15, 0.2) is 67.0 Å². The molecule has 2 heterocycles. The number of rotatable bonds is 7. The number of amides is 1. The molecule has 0 fully saturated rings. The SMILES string of the molecule is Cc1ccc(CNC(=O)CCN(C)c2ncnc3sc(-c4ccccc4)cc23)cc1. The molecule has 0 saturated carbocycles. The predicted molar refractivity (Wildman–Crippen MR) is 124 cm³/mol. The molecule has 152 valence electrons. The van der Waals surface area contributed by atoms with Crippen molar-refractivity contribution >= 4 is 33.3 Å². The molecule has 4 aromatic rings. The largest absolute Gasteiger partial charge is 0.359 e. The number of carbonyl (C=O) groups is 1. The highest BCUT2D eigenvalue weighted by molar-refractivity contribution is 7.21. The lowest BCUT2D eigenvalue weighted by molar-refractivity contribution is -0.121. The van der Waals surface area contributed by atoms with Gasteiger partial charge in [-0.25, -0.2) is 9.97 Å². The molecule has 0 spiro atoms. The first-order valence-electron chi connectivity index (χ1n) is 9.93. The van der Waals surface area contributed by atoms with E-state index < -0.39 is 0 Å². The maximum atomic E-state index is 12.3. The van der Waals surface area contributed by atoms with Crippen LogP contribution in [0, 0.1) is 6.92 Å². The third kappa shape index (κ3) is 4.66. The standard InChI is InChI=1S/C24H24N4OS/c1-17-8-10-18(11-9-17)15-25-22(29)12-13-28(2)23-20-14-21(19-6-4-3-5-7-19)30-24(20)27-16-26-23/h3-11,14,16H,12-13,15H2,1-2H3,(H,25,29). The number of nitrogens with one attached hydrogen (secondary N) is 1. The van der Waals surface area contributed by atoms with Gasteiger partial charge in [0.05, 0.1) is 5.39 Å². The number of benzene rings is 2. The molecule has 6 heteroatoms. The van der Waals surface area contributed by atoms with Gasteiger partial charge in [-0.3, -0.25) is 4.79 Å².